The maximum Gasteiger partial charge on any atom is 0.235 e. The molecule has 15 aromatic carbocycles. The fourth-order valence-electron chi connectivity index (χ4n) is 17.0. The number of hydrogen-bond donors (Lipinski definition) is 0. The van der Waals surface area contributed by atoms with Gasteiger partial charge in [0, 0.05) is 91.3 Å². The molecule has 0 N–H and O–H groups in total. The molecule has 0 saturated heterocycles. The molecule has 0 atom stereocenters. The van der Waals surface area contributed by atoms with Gasteiger partial charge in [0.1, 0.15) is 0 Å². The van der Waals surface area contributed by atoms with Crippen LogP contribution in [0.5, 0.6) is 0 Å². The summed E-state index contributed by atoms with van der Waals surface area (Å²) in [6.07, 6.45) is 0. The molecule has 7 nitrogen and oxygen atoms in total. The minimum atomic E-state index is 0.671. The molecule has 0 saturated carbocycles. The molecule has 2 aliphatic rings. The third-order valence-electron chi connectivity index (χ3n) is 21.5. The predicted molar refractivity (Wildman–Crippen MR) is 417 cm³/mol. The van der Waals surface area contributed by atoms with Crippen molar-refractivity contribution in [1.29, 1.82) is 0 Å². The van der Waals surface area contributed by atoms with E-state index < -0.39 is 0 Å². The molecule has 6 heterocycles. The van der Waals surface area contributed by atoms with Crippen molar-refractivity contribution < 1.29 is 0 Å². The molecular formula is C92H51N7S. The van der Waals surface area contributed by atoms with E-state index >= 15 is 0 Å². The summed E-state index contributed by atoms with van der Waals surface area (Å²) < 4.78 is 9.65. The lowest BCUT2D eigenvalue weighted by Crippen LogP contribution is -2.02. The van der Waals surface area contributed by atoms with Crippen molar-refractivity contribution in [2.45, 2.75) is 0 Å². The average Bonchev–Trinajstić information content (AvgIpc) is 1.57. The van der Waals surface area contributed by atoms with E-state index in [1.54, 1.807) is 0 Å². The Labute approximate surface area is 575 Å². The van der Waals surface area contributed by atoms with Gasteiger partial charge in [0.05, 0.1) is 55.5 Å². The van der Waals surface area contributed by atoms with Gasteiger partial charge in [-0.3, -0.25) is 4.57 Å². The molecule has 0 fully saturated rings. The van der Waals surface area contributed by atoms with Crippen LogP contribution in [0.1, 0.15) is 0 Å². The summed E-state index contributed by atoms with van der Waals surface area (Å²) in [5, 5.41) is 14.2. The monoisotopic (exact) mass is 1290 g/mol. The zero-order valence-corrected chi connectivity index (χ0v) is 54.3. The molecule has 23 rings (SSSR count). The number of hydrogen-bond acceptors (Lipinski definition) is 5. The van der Waals surface area contributed by atoms with Crippen LogP contribution >= 0.6 is 11.3 Å². The van der Waals surface area contributed by atoms with E-state index in [1.807, 2.05) is 11.3 Å². The topological polar surface area (TPSA) is 66.3 Å². The molecule has 0 radical (unpaired) electrons. The van der Waals surface area contributed by atoms with Gasteiger partial charge in [-0.25, -0.2) is 19.9 Å². The van der Waals surface area contributed by atoms with E-state index in [-0.39, 0.29) is 0 Å². The van der Waals surface area contributed by atoms with E-state index in [0.29, 0.717) is 5.95 Å². The third kappa shape index (κ3) is 7.62. The van der Waals surface area contributed by atoms with E-state index in [1.165, 1.54) is 86.0 Å². The summed E-state index contributed by atoms with van der Waals surface area (Å²) in [6, 6.07) is 114. The Morgan fingerprint density at radius 1 is 0.240 bits per heavy atom. The highest BCUT2D eigenvalue weighted by Gasteiger charge is 2.28. The Balaban J connectivity index is 0.637. The molecule has 21 aromatic rings. The summed E-state index contributed by atoms with van der Waals surface area (Å²) in [5.41, 5.74) is 28.0. The van der Waals surface area contributed by atoms with Crippen LogP contribution < -0.4 is 0 Å². The zero-order chi connectivity index (χ0) is 65.0. The lowest BCUT2D eigenvalue weighted by atomic mass is 9.98. The first kappa shape index (κ1) is 54.0. The minimum absolute atomic E-state index is 0.671. The van der Waals surface area contributed by atoms with Gasteiger partial charge < -0.3 is 9.13 Å². The summed E-state index contributed by atoms with van der Waals surface area (Å²) in [7, 11) is 0. The molecule has 0 spiro atoms. The number of rotatable bonds is 7. The second kappa shape index (κ2) is 20.2. The molecule has 460 valence electrons. The molecule has 0 amide bonds. The first-order valence-electron chi connectivity index (χ1n) is 34.1. The van der Waals surface area contributed by atoms with Gasteiger partial charge in [0.2, 0.25) is 5.95 Å². The van der Waals surface area contributed by atoms with Crippen LogP contribution in [0, 0.1) is 0 Å². The summed E-state index contributed by atoms with van der Waals surface area (Å²) >= 11 is 1.88. The number of fused-ring (bicyclic) bond motifs is 19. The summed E-state index contributed by atoms with van der Waals surface area (Å²) in [5.74, 6) is 1.40. The lowest BCUT2D eigenvalue weighted by Gasteiger charge is -2.10. The minimum Gasteiger partial charge on any atom is -0.309 e. The second-order valence-electron chi connectivity index (χ2n) is 26.8. The smallest absolute Gasteiger partial charge is 0.235 e. The fourth-order valence-corrected chi connectivity index (χ4v) is 18.2. The number of thiophene rings is 1. The van der Waals surface area contributed by atoms with Gasteiger partial charge in [0.15, 0.2) is 5.82 Å². The molecule has 0 aliphatic heterocycles. The Kier molecular flexibility index (Phi) is 10.9. The molecule has 0 unspecified atom stereocenters. The van der Waals surface area contributed by atoms with E-state index in [0.717, 1.165) is 133 Å². The van der Waals surface area contributed by atoms with Crippen LogP contribution in [0.3, 0.4) is 0 Å². The van der Waals surface area contributed by atoms with Gasteiger partial charge >= 0.3 is 0 Å². The third-order valence-corrected chi connectivity index (χ3v) is 22.7. The molecule has 100 heavy (non-hydrogen) atoms. The number of aromatic nitrogens is 7. The van der Waals surface area contributed by atoms with Crippen LogP contribution in [0.15, 0.2) is 309 Å². The molecule has 0 bridgehead atoms. The van der Waals surface area contributed by atoms with Gasteiger partial charge in [-0.2, -0.15) is 0 Å². The largest absolute Gasteiger partial charge is 0.309 e. The Morgan fingerprint density at radius 2 is 0.690 bits per heavy atom. The van der Waals surface area contributed by atoms with E-state index in [9.17, 15) is 0 Å². The fraction of sp³-hybridized carbons (Fsp3) is 0. The normalized spacial score (nSPS) is 12.4. The average molecular weight is 1290 g/mol. The highest BCUT2D eigenvalue weighted by molar-refractivity contribution is 7.26. The van der Waals surface area contributed by atoms with Crippen LogP contribution in [0.25, 0.3) is 225 Å². The Hall–Kier alpha value is -13.1. The summed E-state index contributed by atoms with van der Waals surface area (Å²) in [6.45, 7) is 0. The van der Waals surface area contributed by atoms with Crippen molar-refractivity contribution in [3.63, 3.8) is 0 Å². The Bertz CT molecular complexity index is 7210. The van der Waals surface area contributed by atoms with Gasteiger partial charge in [0.25, 0.3) is 0 Å². The van der Waals surface area contributed by atoms with Crippen molar-refractivity contribution in [3.8, 4) is 107 Å². The molecule has 8 heteroatoms. The highest BCUT2D eigenvalue weighted by Crippen LogP contribution is 2.50. The number of benzene rings is 15. The highest BCUT2D eigenvalue weighted by atomic mass is 32.1. The van der Waals surface area contributed by atoms with Gasteiger partial charge in [-0.05, 0) is 188 Å². The van der Waals surface area contributed by atoms with Crippen molar-refractivity contribution >= 4 is 130 Å². The van der Waals surface area contributed by atoms with Gasteiger partial charge in [-0.1, -0.05) is 188 Å². The van der Waals surface area contributed by atoms with Crippen molar-refractivity contribution in [1.82, 2.24) is 33.6 Å². The van der Waals surface area contributed by atoms with Crippen LogP contribution in [0.2, 0.25) is 0 Å². The van der Waals surface area contributed by atoms with Crippen molar-refractivity contribution in [3.05, 3.63) is 309 Å². The second-order valence-corrected chi connectivity index (χ2v) is 27.9. The molecular weight excluding hydrogens is 1240 g/mol. The van der Waals surface area contributed by atoms with Crippen LogP contribution in [-0.2, 0) is 0 Å². The zero-order valence-electron chi connectivity index (χ0n) is 53.5. The van der Waals surface area contributed by atoms with Crippen molar-refractivity contribution in [2.24, 2.45) is 0 Å². The standard InChI is InChI=1S/C92H51N7S/c1-3-18-60(19-4-1)97-80-40-34-56(46-72(80)74-49-59(36-42-81(74)97)91-93-77-30-14-27-66-63-22-9-11-24-68(63)88(95-91)86(66)77)57-37-43-85-76(48-57)70-29-13-26-62(90(70)100-85)58-32-38-65-71-45-54(33-39-79(71)98(83(65)51-58)61-20-5-2-6-21-61)55-35-41-82-73(47-55)75-44-52-16-7-8-17-53(52)50-84(75)99(82)92-94-78-31-15-28-67-64-23-10-12-25-69(64)89(96-92)87(67)78/h1-51H. The van der Waals surface area contributed by atoms with E-state index in [2.05, 4.69) is 323 Å². The number of para-hydroxylation sites is 2. The number of nitrogens with zero attached hydrogens (tertiary/aromatic N) is 7. The quantitative estimate of drug-likeness (QED) is 0.159. The molecule has 6 aromatic heterocycles. The van der Waals surface area contributed by atoms with Crippen LogP contribution in [0.4, 0.5) is 0 Å². The maximum absolute atomic E-state index is 5.46. The summed E-state index contributed by atoms with van der Waals surface area (Å²) in [4.78, 5) is 21.4. The maximum atomic E-state index is 5.46. The van der Waals surface area contributed by atoms with Crippen molar-refractivity contribution in [2.75, 3.05) is 0 Å². The lowest BCUT2D eigenvalue weighted by molar-refractivity contribution is 1.02. The van der Waals surface area contributed by atoms with E-state index in [4.69, 9.17) is 19.9 Å². The first-order chi connectivity index (χ1) is 49.5. The SMILES string of the molecule is c1ccc(-n2c3ccc(-c4ccc5sc6c(-c7ccc8c9cc(-c%10ccc%11c(c%10)c%10cc%12ccccc%12cc%10n%11-c%10nc%11c%12c(cccc%12n%10)-c%10ccccc%10-%11)ccc9n(-c9ccccc9)c8c7)cccc6c5c4)cc3c3cc(-c4nc5c6c(cccc6n4)-c4ccccc4-5)ccc32)cc1. The Morgan fingerprint density at radius 3 is 1.33 bits per heavy atom. The van der Waals surface area contributed by atoms with Gasteiger partial charge in [-0.15, -0.1) is 11.3 Å². The van der Waals surface area contributed by atoms with Crippen LogP contribution in [-0.4, -0.2) is 33.6 Å². The molecule has 2 aliphatic carbocycles. The first-order valence-corrected chi connectivity index (χ1v) is 34.9. The predicted octanol–water partition coefficient (Wildman–Crippen LogP) is 24.3.